The number of aliphatic hydroxyl groups is 1. The molecule has 3 atom stereocenters. The van der Waals surface area contributed by atoms with Gasteiger partial charge in [0.2, 0.25) is 0 Å². The Bertz CT molecular complexity index is 204. The highest BCUT2D eigenvalue weighted by molar-refractivity contribution is 7.98. The Hall–Kier alpha value is 0.230. The van der Waals surface area contributed by atoms with Gasteiger partial charge in [0.1, 0.15) is 0 Å². The molecule has 108 valence electrons. The van der Waals surface area contributed by atoms with Crippen LogP contribution in [0.25, 0.3) is 0 Å². The Labute approximate surface area is 116 Å². The first-order chi connectivity index (χ1) is 8.72. The molecule has 0 amide bonds. The zero-order valence-corrected chi connectivity index (χ0v) is 12.7. The first-order valence-corrected chi connectivity index (χ1v) is 8.61. The van der Waals surface area contributed by atoms with Gasteiger partial charge in [-0.1, -0.05) is 19.8 Å². The van der Waals surface area contributed by atoms with Gasteiger partial charge in [-0.3, -0.25) is 0 Å². The third kappa shape index (κ3) is 7.62. The number of thioether (sulfide) groups is 1. The molecule has 18 heavy (non-hydrogen) atoms. The number of rotatable bonds is 9. The lowest BCUT2D eigenvalue weighted by molar-refractivity contribution is -0.0305. The van der Waals surface area contributed by atoms with E-state index < -0.39 is 0 Å². The number of nitrogens with one attached hydrogen (secondary N) is 1. The Morgan fingerprint density at radius 1 is 1.44 bits per heavy atom. The van der Waals surface area contributed by atoms with Gasteiger partial charge in [-0.2, -0.15) is 11.8 Å². The smallest absolute Gasteiger partial charge is 0.0897 e. The van der Waals surface area contributed by atoms with E-state index in [1.165, 1.54) is 18.6 Å². The van der Waals surface area contributed by atoms with Crippen LogP contribution >= 0.6 is 11.8 Å². The van der Waals surface area contributed by atoms with Crippen LogP contribution in [0.15, 0.2) is 0 Å². The molecule has 1 rings (SSSR count). The van der Waals surface area contributed by atoms with Gasteiger partial charge >= 0.3 is 0 Å². The average molecular weight is 275 g/mol. The van der Waals surface area contributed by atoms with Crippen LogP contribution in [0.4, 0.5) is 0 Å². The van der Waals surface area contributed by atoms with E-state index in [0.717, 1.165) is 31.7 Å². The van der Waals surface area contributed by atoms with Crippen molar-refractivity contribution in [3.8, 4) is 0 Å². The van der Waals surface area contributed by atoms with Crippen LogP contribution in [0.1, 0.15) is 39.0 Å². The molecule has 1 fully saturated rings. The summed E-state index contributed by atoms with van der Waals surface area (Å²) >= 11 is 1.86. The molecular weight excluding hydrogens is 246 g/mol. The number of aliphatic hydroxyl groups excluding tert-OH is 1. The van der Waals surface area contributed by atoms with E-state index in [9.17, 15) is 5.11 Å². The standard InChI is InChI=1S/C14H29NO2S/c1-12-5-3-6-14(9-12)17-11-13(16)10-15-7-4-8-18-2/h12-16H,3-11H2,1-2H3. The Morgan fingerprint density at radius 3 is 3.00 bits per heavy atom. The molecule has 0 radical (unpaired) electrons. The van der Waals surface area contributed by atoms with Crippen LogP contribution in [-0.4, -0.2) is 49.0 Å². The minimum atomic E-state index is -0.364. The third-order valence-electron chi connectivity index (χ3n) is 3.49. The molecule has 3 nitrogen and oxygen atoms in total. The average Bonchev–Trinajstić information content (AvgIpc) is 2.36. The van der Waals surface area contributed by atoms with Gasteiger partial charge in [-0.15, -0.1) is 0 Å². The van der Waals surface area contributed by atoms with Crippen molar-refractivity contribution in [2.24, 2.45) is 5.92 Å². The second-order valence-electron chi connectivity index (χ2n) is 5.43. The highest BCUT2D eigenvalue weighted by atomic mass is 32.2. The summed E-state index contributed by atoms with van der Waals surface area (Å²) in [6.07, 6.45) is 8.22. The SMILES string of the molecule is CSCCCNCC(O)COC1CCCC(C)C1. The fourth-order valence-corrected chi connectivity index (χ4v) is 2.88. The first kappa shape index (κ1) is 16.3. The lowest BCUT2D eigenvalue weighted by Gasteiger charge is -2.27. The summed E-state index contributed by atoms with van der Waals surface area (Å²) in [6, 6.07) is 0. The van der Waals surface area contributed by atoms with Crippen molar-refractivity contribution in [3.63, 3.8) is 0 Å². The molecule has 0 saturated heterocycles. The maximum absolute atomic E-state index is 9.81. The van der Waals surface area contributed by atoms with Crippen molar-refractivity contribution >= 4 is 11.8 Å². The first-order valence-electron chi connectivity index (χ1n) is 7.21. The summed E-state index contributed by atoms with van der Waals surface area (Å²) in [5, 5.41) is 13.1. The molecule has 1 saturated carbocycles. The van der Waals surface area contributed by atoms with Gasteiger partial charge in [-0.25, -0.2) is 0 Å². The quantitative estimate of drug-likeness (QED) is 0.634. The number of hydrogen-bond acceptors (Lipinski definition) is 4. The van der Waals surface area contributed by atoms with Crippen LogP contribution in [0.5, 0.6) is 0 Å². The van der Waals surface area contributed by atoms with E-state index >= 15 is 0 Å². The fourth-order valence-electron chi connectivity index (χ4n) is 2.45. The summed E-state index contributed by atoms with van der Waals surface area (Å²) in [6.45, 7) is 4.40. The molecule has 0 bridgehead atoms. The van der Waals surface area contributed by atoms with E-state index in [-0.39, 0.29) is 6.10 Å². The molecule has 1 aliphatic carbocycles. The zero-order chi connectivity index (χ0) is 13.2. The minimum Gasteiger partial charge on any atom is -0.389 e. The van der Waals surface area contributed by atoms with Crippen LogP contribution in [0.2, 0.25) is 0 Å². The summed E-state index contributed by atoms with van der Waals surface area (Å²) in [7, 11) is 0. The molecule has 0 aromatic rings. The van der Waals surface area contributed by atoms with Crippen molar-refractivity contribution in [2.75, 3.05) is 31.7 Å². The molecule has 1 aliphatic rings. The molecule has 0 aromatic heterocycles. The topological polar surface area (TPSA) is 41.5 Å². The largest absolute Gasteiger partial charge is 0.389 e. The second-order valence-corrected chi connectivity index (χ2v) is 6.42. The van der Waals surface area contributed by atoms with Crippen molar-refractivity contribution < 1.29 is 9.84 Å². The zero-order valence-electron chi connectivity index (χ0n) is 11.9. The lowest BCUT2D eigenvalue weighted by atomic mass is 9.89. The van der Waals surface area contributed by atoms with Gasteiger partial charge in [0, 0.05) is 6.54 Å². The van der Waals surface area contributed by atoms with E-state index in [1.54, 1.807) is 0 Å². The van der Waals surface area contributed by atoms with Gasteiger partial charge in [-0.05, 0) is 43.7 Å². The monoisotopic (exact) mass is 275 g/mol. The maximum Gasteiger partial charge on any atom is 0.0897 e. The molecule has 3 unspecified atom stereocenters. The summed E-state index contributed by atoms with van der Waals surface area (Å²) in [5.41, 5.74) is 0. The van der Waals surface area contributed by atoms with E-state index in [0.29, 0.717) is 19.3 Å². The maximum atomic E-state index is 9.81. The summed E-state index contributed by atoms with van der Waals surface area (Å²) in [4.78, 5) is 0. The number of ether oxygens (including phenoxy) is 1. The minimum absolute atomic E-state index is 0.364. The van der Waals surface area contributed by atoms with Gasteiger partial charge in [0.25, 0.3) is 0 Å². The van der Waals surface area contributed by atoms with Gasteiger partial charge in [0.05, 0.1) is 18.8 Å². The fraction of sp³-hybridized carbons (Fsp3) is 1.00. The summed E-state index contributed by atoms with van der Waals surface area (Å²) in [5.74, 6) is 1.96. The van der Waals surface area contributed by atoms with Gasteiger partial charge < -0.3 is 15.2 Å². The van der Waals surface area contributed by atoms with E-state index in [1.807, 2.05) is 11.8 Å². The van der Waals surface area contributed by atoms with Crippen molar-refractivity contribution in [2.45, 2.75) is 51.2 Å². The molecule has 2 N–H and O–H groups in total. The molecule has 0 heterocycles. The summed E-state index contributed by atoms with van der Waals surface area (Å²) < 4.78 is 5.80. The number of hydrogen-bond donors (Lipinski definition) is 2. The molecular formula is C14H29NO2S. The second kappa shape index (κ2) is 10.1. The Kier molecular flexibility index (Phi) is 9.11. The van der Waals surface area contributed by atoms with Crippen LogP contribution in [-0.2, 0) is 4.74 Å². The Balaban J connectivity index is 1.97. The predicted molar refractivity (Wildman–Crippen MR) is 79.2 cm³/mol. The normalized spacial score (nSPS) is 26.2. The molecule has 4 heteroatoms. The van der Waals surface area contributed by atoms with Gasteiger partial charge in [0.15, 0.2) is 0 Å². The molecule has 0 aromatic carbocycles. The highest BCUT2D eigenvalue weighted by Gasteiger charge is 2.20. The van der Waals surface area contributed by atoms with Crippen molar-refractivity contribution in [1.82, 2.24) is 5.32 Å². The highest BCUT2D eigenvalue weighted by Crippen LogP contribution is 2.25. The van der Waals surface area contributed by atoms with Crippen LogP contribution < -0.4 is 5.32 Å². The van der Waals surface area contributed by atoms with Crippen LogP contribution in [0.3, 0.4) is 0 Å². The van der Waals surface area contributed by atoms with Crippen LogP contribution in [0, 0.1) is 5.92 Å². The molecule has 0 aliphatic heterocycles. The third-order valence-corrected chi connectivity index (χ3v) is 4.19. The van der Waals surface area contributed by atoms with E-state index in [2.05, 4.69) is 18.5 Å². The Morgan fingerprint density at radius 2 is 2.28 bits per heavy atom. The van der Waals surface area contributed by atoms with Crippen molar-refractivity contribution in [3.05, 3.63) is 0 Å². The molecule has 0 spiro atoms. The lowest BCUT2D eigenvalue weighted by Crippen LogP contribution is -2.33. The predicted octanol–water partition coefficient (Wildman–Crippen LogP) is 2.29. The van der Waals surface area contributed by atoms with Crippen molar-refractivity contribution in [1.29, 1.82) is 0 Å². The van der Waals surface area contributed by atoms with E-state index in [4.69, 9.17) is 4.74 Å².